The topological polar surface area (TPSA) is 111 Å². The van der Waals surface area contributed by atoms with Gasteiger partial charge in [-0.2, -0.15) is 13.2 Å². The van der Waals surface area contributed by atoms with Gasteiger partial charge >= 0.3 is 6.18 Å². The molecule has 1 aromatic heterocycles. The van der Waals surface area contributed by atoms with Gasteiger partial charge in [0.25, 0.3) is 0 Å². The normalized spacial score (nSPS) is 22.9. The summed E-state index contributed by atoms with van der Waals surface area (Å²) in [6.07, 6.45) is -3.80. The zero-order valence-corrected chi connectivity index (χ0v) is 15.7. The number of carbonyl (C=O) groups is 1. The molecule has 2 heterocycles. The van der Waals surface area contributed by atoms with Crippen molar-refractivity contribution in [2.75, 3.05) is 13.2 Å². The van der Waals surface area contributed by atoms with Gasteiger partial charge in [0.05, 0.1) is 5.69 Å². The van der Waals surface area contributed by atoms with E-state index in [4.69, 9.17) is 16.2 Å². The molecule has 1 unspecified atom stereocenters. The van der Waals surface area contributed by atoms with E-state index in [1.54, 1.807) is 0 Å². The van der Waals surface area contributed by atoms with Crippen molar-refractivity contribution in [2.24, 2.45) is 17.4 Å². The summed E-state index contributed by atoms with van der Waals surface area (Å²) in [5, 5.41) is 10.4. The molecule has 1 saturated carbocycles. The molecule has 30 heavy (non-hydrogen) atoms. The fourth-order valence-corrected chi connectivity index (χ4v) is 3.97. The van der Waals surface area contributed by atoms with Crippen LogP contribution in [-0.2, 0) is 15.8 Å². The third-order valence-corrected chi connectivity index (χ3v) is 5.92. The zero-order valence-electron chi connectivity index (χ0n) is 15.7. The molecule has 0 radical (unpaired) electrons. The van der Waals surface area contributed by atoms with Crippen molar-refractivity contribution < 1.29 is 32.2 Å². The Labute approximate surface area is 168 Å². The number of hydrogen-bond donors (Lipinski definition) is 3. The van der Waals surface area contributed by atoms with Crippen molar-refractivity contribution in [3.63, 3.8) is 0 Å². The Morgan fingerprint density at radius 2 is 1.90 bits per heavy atom. The summed E-state index contributed by atoms with van der Waals surface area (Å²) in [4.78, 5) is 16.5. The molecule has 0 spiro atoms. The van der Waals surface area contributed by atoms with Gasteiger partial charge in [0.15, 0.2) is 0 Å². The third-order valence-electron chi connectivity index (χ3n) is 5.92. The molecular weight excluding hydrogens is 406 g/mol. The fourth-order valence-electron chi connectivity index (χ4n) is 3.97. The van der Waals surface area contributed by atoms with Crippen LogP contribution in [0.1, 0.15) is 24.1 Å². The van der Waals surface area contributed by atoms with E-state index >= 15 is 0 Å². The average Bonchev–Trinajstić information content (AvgIpc) is 3.47. The Bertz CT molecular complexity index is 1010. The molecule has 1 aliphatic carbocycles. The summed E-state index contributed by atoms with van der Waals surface area (Å²) in [6.45, 7) is -1.33. The lowest BCUT2D eigenvalue weighted by atomic mass is 9.76. The van der Waals surface area contributed by atoms with Gasteiger partial charge in [0, 0.05) is 17.7 Å². The van der Waals surface area contributed by atoms with Crippen molar-refractivity contribution >= 4 is 5.91 Å². The lowest BCUT2D eigenvalue weighted by molar-refractivity contribution is -0.263. The Hall–Kier alpha value is -2.72. The predicted octanol–water partition coefficient (Wildman–Crippen LogP) is 2.12. The first kappa shape index (κ1) is 20.5. The van der Waals surface area contributed by atoms with E-state index in [1.165, 1.54) is 12.1 Å². The predicted molar refractivity (Wildman–Crippen MR) is 97.7 cm³/mol. The maximum atomic E-state index is 13.7. The van der Waals surface area contributed by atoms with Gasteiger partial charge in [-0.3, -0.25) is 4.79 Å². The standard InChI is InChI=1S/C20H19F4N3O3/c21-12-5-1-10(2-6-12)15-16-13(18(9-30-16,17(26)28)11-3-4-11)7-14(27-15)19(29,8-25)20(22,23)24/h1-2,5-7,11,29H,3-4,8-9,25H2,(H2,26,28)/t18?,19-/m0/s1. The van der Waals surface area contributed by atoms with Crippen LogP contribution in [0, 0.1) is 11.7 Å². The molecule has 2 atom stereocenters. The first-order valence-corrected chi connectivity index (χ1v) is 9.28. The summed E-state index contributed by atoms with van der Waals surface area (Å²) >= 11 is 0. The number of carbonyl (C=O) groups excluding carboxylic acids is 1. The molecular formula is C20H19F4N3O3. The Balaban J connectivity index is 2.02. The SMILES string of the molecule is NC[C@](O)(c1cc2c(c(-c3ccc(F)cc3)n1)OCC2(C(N)=O)C1CC1)C(F)(F)F. The lowest BCUT2D eigenvalue weighted by Gasteiger charge is -2.30. The number of aliphatic hydroxyl groups is 1. The van der Waals surface area contributed by atoms with E-state index in [-0.39, 0.29) is 35.1 Å². The van der Waals surface area contributed by atoms with Gasteiger partial charge in [-0.1, -0.05) is 0 Å². The smallest absolute Gasteiger partial charge is 0.424 e. The molecule has 6 nitrogen and oxygen atoms in total. The highest BCUT2D eigenvalue weighted by Gasteiger charge is 2.60. The minimum Gasteiger partial charge on any atom is -0.489 e. The molecule has 2 aliphatic rings. The number of rotatable bonds is 5. The van der Waals surface area contributed by atoms with Gasteiger partial charge in [-0.05, 0) is 49.1 Å². The van der Waals surface area contributed by atoms with Gasteiger partial charge in [0.1, 0.15) is 29.3 Å². The number of halogens is 4. The number of pyridine rings is 1. The number of primary amides is 1. The molecule has 1 aliphatic heterocycles. The van der Waals surface area contributed by atoms with Gasteiger partial charge in [-0.25, -0.2) is 9.37 Å². The summed E-state index contributed by atoms with van der Waals surface area (Å²) in [6, 6.07) is 5.89. The van der Waals surface area contributed by atoms with Crippen LogP contribution in [0.2, 0.25) is 0 Å². The van der Waals surface area contributed by atoms with E-state index in [0.29, 0.717) is 12.8 Å². The van der Waals surface area contributed by atoms with Crippen molar-refractivity contribution in [3.8, 4) is 17.0 Å². The van der Waals surface area contributed by atoms with Gasteiger partial charge < -0.3 is 21.3 Å². The monoisotopic (exact) mass is 425 g/mol. The quantitative estimate of drug-likeness (QED) is 0.636. The minimum atomic E-state index is -5.13. The Kier molecular flexibility index (Phi) is 4.55. The molecule has 160 valence electrons. The third kappa shape index (κ3) is 2.85. The molecule has 1 amide bonds. The van der Waals surface area contributed by atoms with Crippen LogP contribution in [0.15, 0.2) is 30.3 Å². The molecule has 0 bridgehead atoms. The molecule has 1 fully saturated rings. The number of fused-ring (bicyclic) bond motifs is 1. The lowest BCUT2D eigenvalue weighted by Crippen LogP contribution is -2.49. The number of aromatic nitrogens is 1. The van der Waals surface area contributed by atoms with Gasteiger partial charge in [-0.15, -0.1) is 0 Å². The zero-order chi connectivity index (χ0) is 21.9. The Morgan fingerprint density at radius 3 is 2.40 bits per heavy atom. The first-order chi connectivity index (χ1) is 14.0. The van der Waals surface area contributed by atoms with E-state index < -0.39 is 41.2 Å². The first-order valence-electron chi connectivity index (χ1n) is 9.28. The molecule has 5 N–H and O–H groups in total. The van der Waals surface area contributed by atoms with E-state index in [2.05, 4.69) is 4.98 Å². The average molecular weight is 425 g/mol. The summed E-state index contributed by atoms with van der Waals surface area (Å²) in [5.41, 5.74) is 5.76. The highest BCUT2D eigenvalue weighted by molar-refractivity contribution is 5.91. The summed E-state index contributed by atoms with van der Waals surface area (Å²) in [7, 11) is 0. The highest BCUT2D eigenvalue weighted by Crippen LogP contribution is 2.56. The van der Waals surface area contributed by atoms with Crippen LogP contribution in [0.3, 0.4) is 0 Å². The van der Waals surface area contributed by atoms with Crippen LogP contribution in [-0.4, -0.2) is 35.3 Å². The number of benzene rings is 1. The van der Waals surface area contributed by atoms with Crippen molar-refractivity contribution in [2.45, 2.75) is 30.0 Å². The molecule has 1 aromatic carbocycles. The number of amides is 1. The number of ether oxygens (including phenoxy) is 1. The van der Waals surface area contributed by atoms with Crippen molar-refractivity contribution in [1.82, 2.24) is 4.98 Å². The van der Waals surface area contributed by atoms with E-state index in [0.717, 1.165) is 18.2 Å². The maximum absolute atomic E-state index is 13.7. The van der Waals surface area contributed by atoms with Crippen LogP contribution >= 0.6 is 0 Å². The van der Waals surface area contributed by atoms with Crippen LogP contribution in [0.25, 0.3) is 11.3 Å². The second-order valence-corrected chi connectivity index (χ2v) is 7.70. The molecule has 10 heteroatoms. The Morgan fingerprint density at radius 1 is 1.27 bits per heavy atom. The summed E-state index contributed by atoms with van der Waals surface area (Å²) in [5.74, 6) is -1.37. The number of nitrogens with two attached hydrogens (primary N) is 2. The molecule has 0 saturated heterocycles. The van der Waals surface area contributed by atoms with Crippen molar-refractivity contribution in [1.29, 1.82) is 0 Å². The van der Waals surface area contributed by atoms with Gasteiger partial charge in [0.2, 0.25) is 11.5 Å². The second kappa shape index (κ2) is 6.64. The van der Waals surface area contributed by atoms with Crippen LogP contribution in [0.5, 0.6) is 5.75 Å². The largest absolute Gasteiger partial charge is 0.489 e. The van der Waals surface area contributed by atoms with Crippen LogP contribution < -0.4 is 16.2 Å². The summed E-state index contributed by atoms with van der Waals surface area (Å²) < 4.78 is 60.2. The molecule has 2 aromatic rings. The van der Waals surface area contributed by atoms with E-state index in [9.17, 15) is 27.5 Å². The number of nitrogens with zero attached hydrogens (tertiary/aromatic N) is 1. The molecule has 4 rings (SSSR count). The second-order valence-electron chi connectivity index (χ2n) is 7.70. The van der Waals surface area contributed by atoms with E-state index in [1.807, 2.05) is 0 Å². The van der Waals surface area contributed by atoms with Crippen LogP contribution in [0.4, 0.5) is 17.6 Å². The maximum Gasteiger partial charge on any atom is 0.424 e. The number of alkyl halides is 3. The van der Waals surface area contributed by atoms with Crippen molar-refractivity contribution in [3.05, 3.63) is 47.4 Å². The number of hydrogen-bond acceptors (Lipinski definition) is 5. The highest BCUT2D eigenvalue weighted by atomic mass is 19.4. The fraction of sp³-hybridized carbons (Fsp3) is 0.400. The minimum absolute atomic E-state index is 0.0533.